The van der Waals surface area contributed by atoms with E-state index in [-0.39, 0.29) is 11.5 Å². The van der Waals surface area contributed by atoms with Gasteiger partial charge in [0.15, 0.2) is 0 Å². The van der Waals surface area contributed by atoms with Crippen LogP contribution in [0.4, 0.5) is 0 Å². The summed E-state index contributed by atoms with van der Waals surface area (Å²) in [6.45, 7) is 4.41. The first kappa shape index (κ1) is 14.6. The molecule has 2 rings (SSSR count). The van der Waals surface area contributed by atoms with Crippen molar-refractivity contribution in [3.05, 3.63) is 35.9 Å². The minimum absolute atomic E-state index is 0.0101. The van der Waals surface area contributed by atoms with Gasteiger partial charge in [-0.25, -0.2) is 0 Å². The third-order valence-electron chi connectivity index (χ3n) is 5.16. The lowest BCUT2D eigenvalue weighted by atomic mass is 9.62. The van der Waals surface area contributed by atoms with Gasteiger partial charge < -0.3 is 5.11 Å². The molecule has 0 spiro atoms. The second-order valence-electron chi connectivity index (χ2n) is 6.10. The molecule has 1 nitrogen and oxygen atoms in total. The third kappa shape index (κ3) is 2.86. The van der Waals surface area contributed by atoms with Crippen LogP contribution in [0.2, 0.25) is 0 Å². The van der Waals surface area contributed by atoms with E-state index in [0.29, 0.717) is 5.92 Å². The molecule has 19 heavy (non-hydrogen) atoms. The smallest absolute Gasteiger partial charge is 0.0664 e. The summed E-state index contributed by atoms with van der Waals surface area (Å²) >= 11 is 0. The average Bonchev–Trinajstić information content (AvgIpc) is 2.50. The van der Waals surface area contributed by atoms with E-state index in [0.717, 1.165) is 25.7 Å². The first-order chi connectivity index (χ1) is 9.24. The summed E-state index contributed by atoms with van der Waals surface area (Å²) < 4.78 is 0. The third-order valence-corrected chi connectivity index (χ3v) is 5.16. The van der Waals surface area contributed by atoms with E-state index < -0.39 is 0 Å². The molecule has 1 N–H and O–H groups in total. The standard InChI is InChI=1S/C18H28O/c1-3-15(4-2)17(19)18(13-9-6-10-14-18)16-11-7-5-8-12-16/h5,7-8,11-12,15,17,19H,3-4,6,9-10,13-14H2,1-2H3. The lowest BCUT2D eigenvalue weighted by molar-refractivity contribution is 0.00433. The van der Waals surface area contributed by atoms with Crippen LogP contribution in [0.5, 0.6) is 0 Å². The maximum absolute atomic E-state index is 11.0. The molecule has 1 aliphatic carbocycles. The van der Waals surface area contributed by atoms with Gasteiger partial charge in [-0.1, -0.05) is 76.3 Å². The van der Waals surface area contributed by atoms with Crippen LogP contribution < -0.4 is 0 Å². The average molecular weight is 260 g/mol. The highest BCUT2D eigenvalue weighted by Crippen LogP contribution is 2.45. The van der Waals surface area contributed by atoms with Gasteiger partial charge in [0.05, 0.1) is 6.10 Å². The van der Waals surface area contributed by atoms with Gasteiger partial charge in [0.25, 0.3) is 0 Å². The molecule has 0 heterocycles. The molecule has 1 atom stereocenters. The topological polar surface area (TPSA) is 20.2 Å². The largest absolute Gasteiger partial charge is 0.392 e. The quantitative estimate of drug-likeness (QED) is 0.814. The van der Waals surface area contributed by atoms with E-state index >= 15 is 0 Å². The van der Waals surface area contributed by atoms with Gasteiger partial charge in [0.1, 0.15) is 0 Å². The van der Waals surface area contributed by atoms with Crippen LogP contribution in [0, 0.1) is 5.92 Å². The predicted molar refractivity (Wildman–Crippen MR) is 81.3 cm³/mol. The van der Waals surface area contributed by atoms with Gasteiger partial charge in [-0.3, -0.25) is 0 Å². The van der Waals surface area contributed by atoms with Crippen molar-refractivity contribution >= 4 is 0 Å². The molecule has 1 aliphatic rings. The van der Waals surface area contributed by atoms with Crippen molar-refractivity contribution in [2.24, 2.45) is 5.92 Å². The Balaban J connectivity index is 2.34. The van der Waals surface area contributed by atoms with Crippen molar-refractivity contribution in [3.8, 4) is 0 Å². The zero-order valence-corrected chi connectivity index (χ0v) is 12.4. The van der Waals surface area contributed by atoms with E-state index in [1.165, 1.54) is 24.8 Å². The van der Waals surface area contributed by atoms with Gasteiger partial charge >= 0.3 is 0 Å². The molecular formula is C18H28O. The molecule has 106 valence electrons. The molecule has 0 bridgehead atoms. The van der Waals surface area contributed by atoms with Gasteiger partial charge in [0, 0.05) is 5.41 Å². The Morgan fingerprint density at radius 2 is 1.58 bits per heavy atom. The SMILES string of the molecule is CCC(CC)C(O)C1(c2ccccc2)CCCCC1. The van der Waals surface area contributed by atoms with Crippen LogP contribution >= 0.6 is 0 Å². The fourth-order valence-electron chi connectivity index (χ4n) is 3.89. The minimum Gasteiger partial charge on any atom is -0.392 e. The molecule has 1 aromatic rings. The van der Waals surface area contributed by atoms with Crippen LogP contribution in [0.25, 0.3) is 0 Å². The molecule has 1 unspecified atom stereocenters. The van der Waals surface area contributed by atoms with Crippen LogP contribution in [0.1, 0.15) is 64.4 Å². The Morgan fingerprint density at radius 1 is 1.00 bits per heavy atom. The van der Waals surface area contributed by atoms with Crippen LogP contribution in [-0.2, 0) is 5.41 Å². The summed E-state index contributed by atoms with van der Waals surface area (Å²) in [6.07, 6.45) is 8.09. The van der Waals surface area contributed by atoms with E-state index in [1.807, 2.05) is 0 Å². The molecule has 0 radical (unpaired) electrons. The molecule has 1 aromatic carbocycles. The van der Waals surface area contributed by atoms with Crippen LogP contribution in [-0.4, -0.2) is 11.2 Å². The monoisotopic (exact) mass is 260 g/mol. The Labute approximate surface area is 118 Å². The number of hydrogen-bond donors (Lipinski definition) is 1. The molecular weight excluding hydrogens is 232 g/mol. The highest BCUT2D eigenvalue weighted by molar-refractivity contribution is 5.28. The van der Waals surface area contributed by atoms with Crippen molar-refractivity contribution in [3.63, 3.8) is 0 Å². The molecule has 0 amide bonds. The predicted octanol–water partition coefficient (Wildman–Crippen LogP) is 4.69. The van der Waals surface area contributed by atoms with E-state index in [2.05, 4.69) is 44.2 Å². The van der Waals surface area contributed by atoms with Gasteiger partial charge in [-0.05, 0) is 24.3 Å². The summed E-state index contributed by atoms with van der Waals surface area (Å²) in [7, 11) is 0. The van der Waals surface area contributed by atoms with Crippen molar-refractivity contribution in [2.75, 3.05) is 0 Å². The van der Waals surface area contributed by atoms with Gasteiger partial charge in [-0.2, -0.15) is 0 Å². The highest BCUT2D eigenvalue weighted by Gasteiger charge is 2.42. The van der Waals surface area contributed by atoms with E-state index in [9.17, 15) is 5.11 Å². The van der Waals surface area contributed by atoms with Crippen molar-refractivity contribution in [2.45, 2.75) is 70.3 Å². The summed E-state index contributed by atoms with van der Waals surface area (Å²) in [5, 5.41) is 11.0. The van der Waals surface area contributed by atoms with Crippen LogP contribution in [0.15, 0.2) is 30.3 Å². The molecule has 1 heteroatoms. The van der Waals surface area contributed by atoms with Crippen molar-refractivity contribution in [1.82, 2.24) is 0 Å². The minimum atomic E-state index is -0.190. The Morgan fingerprint density at radius 3 is 2.11 bits per heavy atom. The summed E-state index contributed by atoms with van der Waals surface area (Å²) in [5.74, 6) is 0.429. The van der Waals surface area contributed by atoms with E-state index in [4.69, 9.17) is 0 Å². The Kier molecular flexibility index (Phi) is 5.04. The van der Waals surface area contributed by atoms with Crippen LogP contribution in [0.3, 0.4) is 0 Å². The first-order valence-corrected chi connectivity index (χ1v) is 7.98. The zero-order valence-electron chi connectivity index (χ0n) is 12.4. The lowest BCUT2D eigenvalue weighted by Gasteiger charge is -2.44. The first-order valence-electron chi connectivity index (χ1n) is 7.98. The van der Waals surface area contributed by atoms with Gasteiger partial charge in [0.2, 0.25) is 0 Å². The summed E-state index contributed by atoms with van der Waals surface area (Å²) in [4.78, 5) is 0. The number of aliphatic hydroxyl groups is 1. The molecule has 0 aliphatic heterocycles. The van der Waals surface area contributed by atoms with E-state index in [1.54, 1.807) is 0 Å². The Hall–Kier alpha value is -0.820. The second kappa shape index (κ2) is 6.56. The molecule has 0 saturated heterocycles. The summed E-state index contributed by atoms with van der Waals surface area (Å²) in [5.41, 5.74) is 1.37. The normalized spacial score (nSPS) is 20.4. The molecule has 0 aromatic heterocycles. The number of rotatable bonds is 5. The maximum atomic E-state index is 11.0. The number of hydrogen-bond acceptors (Lipinski definition) is 1. The number of benzene rings is 1. The Bertz CT molecular complexity index is 361. The fourth-order valence-corrected chi connectivity index (χ4v) is 3.89. The zero-order chi connectivity index (χ0) is 13.7. The highest BCUT2D eigenvalue weighted by atomic mass is 16.3. The fraction of sp³-hybridized carbons (Fsp3) is 0.667. The molecule has 1 fully saturated rings. The second-order valence-corrected chi connectivity index (χ2v) is 6.10. The van der Waals surface area contributed by atoms with Crippen molar-refractivity contribution in [1.29, 1.82) is 0 Å². The summed E-state index contributed by atoms with van der Waals surface area (Å²) in [6, 6.07) is 10.7. The van der Waals surface area contributed by atoms with Gasteiger partial charge in [-0.15, -0.1) is 0 Å². The lowest BCUT2D eigenvalue weighted by Crippen LogP contribution is -2.45. The number of aliphatic hydroxyl groups excluding tert-OH is 1. The maximum Gasteiger partial charge on any atom is 0.0664 e. The van der Waals surface area contributed by atoms with Crippen molar-refractivity contribution < 1.29 is 5.11 Å². The molecule has 1 saturated carbocycles.